The smallest absolute Gasteiger partial charge is 0.224 e. The molecule has 1 saturated carbocycles. The van der Waals surface area contributed by atoms with Gasteiger partial charge in [0.15, 0.2) is 0 Å². The van der Waals surface area contributed by atoms with Gasteiger partial charge in [-0.15, -0.1) is 0 Å². The van der Waals surface area contributed by atoms with Gasteiger partial charge in [0.05, 0.1) is 18.4 Å². The quantitative estimate of drug-likeness (QED) is 0.608. The van der Waals surface area contributed by atoms with Gasteiger partial charge in [-0.05, 0) is 12.8 Å². The van der Waals surface area contributed by atoms with E-state index in [-0.39, 0.29) is 17.9 Å². The van der Waals surface area contributed by atoms with Crippen LogP contribution in [-0.2, 0) is 4.79 Å². The summed E-state index contributed by atoms with van der Waals surface area (Å²) in [5, 5.41) is 11.0. The molecule has 0 radical (unpaired) electrons. The van der Waals surface area contributed by atoms with Gasteiger partial charge in [-0.25, -0.2) is 0 Å². The summed E-state index contributed by atoms with van der Waals surface area (Å²) >= 11 is 0. The molecule has 72 valence electrons. The number of nitrogens with two attached hydrogens (primary N) is 1. The summed E-state index contributed by atoms with van der Waals surface area (Å²) in [6.45, 7) is 0.443. The van der Waals surface area contributed by atoms with E-state index in [4.69, 9.17) is 11.0 Å². The van der Waals surface area contributed by atoms with Gasteiger partial charge in [0.2, 0.25) is 5.91 Å². The lowest BCUT2D eigenvalue weighted by Crippen LogP contribution is -2.38. The van der Waals surface area contributed by atoms with Crippen LogP contribution in [0, 0.1) is 17.2 Å². The first-order valence-electron chi connectivity index (χ1n) is 4.66. The summed E-state index contributed by atoms with van der Waals surface area (Å²) in [6, 6.07) is 1.99. The Bertz CT molecular complexity index is 221. The van der Waals surface area contributed by atoms with Crippen LogP contribution in [0.3, 0.4) is 0 Å². The first-order valence-corrected chi connectivity index (χ1v) is 4.66. The van der Waals surface area contributed by atoms with Gasteiger partial charge in [0, 0.05) is 12.6 Å². The summed E-state index contributed by atoms with van der Waals surface area (Å²) in [7, 11) is 0. The SMILES string of the molecule is N#CCCNC(=O)C1CCCC1N. The molecule has 0 heterocycles. The van der Waals surface area contributed by atoms with E-state index in [1.165, 1.54) is 0 Å². The van der Waals surface area contributed by atoms with Crippen LogP contribution in [0.4, 0.5) is 0 Å². The van der Waals surface area contributed by atoms with Crippen LogP contribution in [0.5, 0.6) is 0 Å². The van der Waals surface area contributed by atoms with E-state index in [0.29, 0.717) is 13.0 Å². The average Bonchev–Trinajstić information content (AvgIpc) is 2.52. The minimum atomic E-state index is -0.0290. The predicted octanol–water partition coefficient (Wildman–Crippen LogP) is 0.144. The van der Waals surface area contributed by atoms with Crippen LogP contribution in [0.15, 0.2) is 0 Å². The molecule has 0 aromatic heterocycles. The number of nitriles is 1. The van der Waals surface area contributed by atoms with Gasteiger partial charge in [0.25, 0.3) is 0 Å². The fraction of sp³-hybridized carbons (Fsp3) is 0.778. The number of carbonyl (C=O) groups excluding carboxylic acids is 1. The number of carbonyl (C=O) groups is 1. The lowest BCUT2D eigenvalue weighted by atomic mass is 10.0. The van der Waals surface area contributed by atoms with E-state index in [1.54, 1.807) is 0 Å². The number of amides is 1. The van der Waals surface area contributed by atoms with Crippen LogP contribution in [0.1, 0.15) is 25.7 Å². The fourth-order valence-electron chi connectivity index (χ4n) is 1.69. The highest BCUT2D eigenvalue weighted by atomic mass is 16.1. The topological polar surface area (TPSA) is 78.9 Å². The van der Waals surface area contributed by atoms with Crippen LogP contribution < -0.4 is 11.1 Å². The molecule has 0 aromatic rings. The zero-order chi connectivity index (χ0) is 9.68. The third-order valence-electron chi connectivity index (χ3n) is 2.44. The average molecular weight is 181 g/mol. The summed E-state index contributed by atoms with van der Waals surface area (Å²) in [4.78, 5) is 11.4. The molecule has 0 spiro atoms. The van der Waals surface area contributed by atoms with Crippen molar-refractivity contribution in [3.63, 3.8) is 0 Å². The van der Waals surface area contributed by atoms with Gasteiger partial charge in [-0.2, -0.15) is 5.26 Å². The molecule has 13 heavy (non-hydrogen) atoms. The monoisotopic (exact) mass is 181 g/mol. The number of hydrogen-bond acceptors (Lipinski definition) is 3. The number of nitrogens with zero attached hydrogens (tertiary/aromatic N) is 1. The number of nitrogens with one attached hydrogen (secondary N) is 1. The van der Waals surface area contributed by atoms with Gasteiger partial charge < -0.3 is 11.1 Å². The molecule has 1 fully saturated rings. The fourth-order valence-corrected chi connectivity index (χ4v) is 1.69. The normalized spacial score (nSPS) is 26.8. The van der Waals surface area contributed by atoms with Crippen molar-refractivity contribution in [2.24, 2.45) is 11.7 Å². The second-order valence-corrected chi connectivity index (χ2v) is 3.40. The molecule has 1 rings (SSSR count). The molecule has 0 aliphatic heterocycles. The van der Waals surface area contributed by atoms with Crippen LogP contribution in [0.2, 0.25) is 0 Å². The summed E-state index contributed by atoms with van der Waals surface area (Å²) < 4.78 is 0. The molecule has 4 nitrogen and oxygen atoms in total. The lowest BCUT2D eigenvalue weighted by molar-refractivity contribution is -0.125. The van der Waals surface area contributed by atoms with Crippen LogP contribution in [-0.4, -0.2) is 18.5 Å². The van der Waals surface area contributed by atoms with Gasteiger partial charge in [-0.1, -0.05) is 6.42 Å². The predicted molar refractivity (Wildman–Crippen MR) is 48.6 cm³/mol. The Kier molecular flexibility index (Phi) is 3.71. The molecule has 0 bridgehead atoms. The second kappa shape index (κ2) is 4.83. The van der Waals surface area contributed by atoms with Crippen molar-refractivity contribution in [3.8, 4) is 6.07 Å². The Hall–Kier alpha value is -1.08. The largest absolute Gasteiger partial charge is 0.355 e. The lowest BCUT2D eigenvalue weighted by Gasteiger charge is -2.14. The molecule has 0 aromatic carbocycles. The minimum absolute atomic E-state index is 0.0141. The second-order valence-electron chi connectivity index (χ2n) is 3.40. The standard InChI is InChI=1S/C9H15N3O/c10-5-2-6-12-9(13)7-3-1-4-8(7)11/h7-8H,1-4,6,11H2,(H,12,13). The van der Waals surface area contributed by atoms with Crippen molar-refractivity contribution < 1.29 is 4.79 Å². The molecule has 2 unspecified atom stereocenters. The minimum Gasteiger partial charge on any atom is -0.355 e. The van der Waals surface area contributed by atoms with Gasteiger partial charge in [0.1, 0.15) is 0 Å². The maximum absolute atomic E-state index is 11.4. The van der Waals surface area contributed by atoms with Gasteiger partial charge in [-0.3, -0.25) is 4.79 Å². The van der Waals surface area contributed by atoms with Crippen molar-refractivity contribution in [1.82, 2.24) is 5.32 Å². The maximum Gasteiger partial charge on any atom is 0.224 e. The van der Waals surface area contributed by atoms with Crippen molar-refractivity contribution in [1.29, 1.82) is 5.26 Å². The summed E-state index contributed by atoms with van der Waals surface area (Å²) in [5.41, 5.74) is 5.76. The molecule has 0 saturated heterocycles. The zero-order valence-corrected chi connectivity index (χ0v) is 7.62. The van der Waals surface area contributed by atoms with E-state index in [0.717, 1.165) is 19.3 Å². The van der Waals surface area contributed by atoms with Crippen molar-refractivity contribution in [2.45, 2.75) is 31.7 Å². The highest BCUT2D eigenvalue weighted by Gasteiger charge is 2.29. The first-order chi connectivity index (χ1) is 6.25. The summed E-state index contributed by atoms with van der Waals surface area (Å²) in [6.07, 6.45) is 3.24. The summed E-state index contributed by atoms with van der Waals surface area (Å²) in [5.74, 6) is -0.0149. The van der Waals surface area contributed by atoms with E-state index in [2.05, 4.69) is 5.32 Å². The van der Waals surface area contributed by atoms with E-state index >= 15 is 0 Å². The van der Waals surface area contributed by atoms with Crippen molar-refractivity contribution in [2.75, 3.05) is 6.54 Å². The van der Waals surface area contributed by atoms with E-state index in [1.807, 2.05) is 6.07 Å². The third-order valence-corrected chi connectivity index (χ3v) is 2.44. The van der Waals surface area contributed by atoms with E-state index < -0.39 is 0 Å². The molecule has 1 amide bonds. The zero-order valence-electron chi connectivity index (χ0n) is 7.62. The highest BCUT2D eigenvalue weighted by Crippen LogP contribution is 2.23. The first kappa shape index (κ1) is 10.0. The molecule has 2 atom stereocenters. The molecule has 1 aliphatic carbocycles. The number of rotatable bonds is 3. The molecule has 3 N–H and O–H groups in total. The van der Waals surface area contributed by atoms with Crippen molar-refractivity contribution in [3.05, 3.63) is 0 Å². The Balaban J connectivity index is 2.27. The van der Waals surface area contributed by atoms with Crippen LogP contribution in [0.25, 0.3) is 0 Å². The Morgan fingerprint density at radius 1 is 1.62 bits per heavy atom. The Morgan fingerprint density at radius 3 is 2.92 bits per heavy atom. The van der Waals surface area contributed by atoms with E-state index in [9.17, 15) is 4.79 Å². The molecular formula is C9H15N3O. The van der Waals surface area contributed by atoms with Gasteiger partial charge >= 0.3 is 0 Å². The highest BCUT2D eigenvalue weighted by molar-refractivity contribution is 5.79. The third kappa shape index (κ3) is 2.71. The Labute approximate surface area is 78.1 Å². The molecule has 4 heteroatoms. The number of hydrogen-bond donors (Lipinski definition) is 2. The molecule has 1 aliphatic rings. The molecular weight excluding hydrogens is 166 g/mol. The maximum atomic E-state index is 11.4. The van der Waals surface area contributed by atoms with Crippen molar-refractivity contribution >= 4 is 5.91 Å². The Morgan fingerprint density at radius 2 is 2.38 bits per heavy atom. The van der Waals surface area contributed by atoms with Crippen LogP contribution >= 0.6 is 0 Å².